The van der Waals surface area contributed by atoms with Gasteiger partial charge in [-0.15, -0.1) is 0 Å². The number of hydrogen-bond acceptors (Lipinski definition) is 3. The molecule has 0 saturated carbocycles. The molecular formula is C22H29N2O2+. The van der Waals surface area contributed by atoms with Crippen LogP contribution in [0.2, 0.25) is 0 Å². The van der Waals surface area contributed by atoms with Crippen LogP contribution in [0.5, 0.6) is 0 Å². The number of rotatable bonds is 8. The molecule has 26 heavy (non-hydrogen) atoms. The van der Waals surface area contributed by atoms with E-state index in [0.717, 1.165) is 32.4 Å². The van der Waals surface area contributed by atoms with E-state index in [4.69, 9.17) is 0 Å². The Morgan fingerprint density at radius 1 is 0.846 bits per heavy atom. The summed E-state index contributed by atoms with van der Waals surface area (Å²) in [7, 11) is 0. The Labute approximate surface area is 156 Å². The molecule has 1 aliphatic rings. The monoisotopic (exact) mass is 353 g/mol. The van der Waals surface area contributed by atoms with E-state index in [-0.39, 0.29) is 25.3 Å². The maximum absolute atomic E-state index is 9.93. The Morgan fingerprint density at radius 3 is 2.04 bits per heavy atom. The molecular weight excluding hydrogens is 324 g/mol. The van der Waals surface area contributed by atoms with E-state index >= 15 is 0 Å². The van der Waals surface area contributed by atoms with Gasteiger partial charge in [0.05, 0.1) is 26.3 Å². The van der Waals surface area contributed by atoms with Gasteiger partial charge in [-0.25, -0.2) is 0 Å². The van der Waals surface area contributed by atoms with E-state index in [9.17, 15) is 10.2 Å². The minimum absolute atomic E-state index is 0.0660. The highest BCUT2D eigenvalue weighted by Gasteiger charge is 2.28. The highest BCUT2D eigenvalue weighted by atomic mass is 16.3. The van der Waals surface area contributed by atoms with Gasteiger partial charge in [-0.05, 0) is 11.1 Å². The number of aliphatic hydroxyl groups excluding tert-OH is 2. The first kappa shape index (κ1) is 18.6. The van der Waals surface area contributed by atoms with Crippen LogP contribution >= 0.6 is 0 Å². The fourth-order valence-electron chi connectivity index (χ4n) is 3.64. The predicted molar refractivity (Wildman–Crippen MR) is 105 cm³/mol. The molecule has 1 aliphatic heterocycles. The molecule has 0 amide bonds. The number of benzene rings is 2. The normalized spacial score (nSPS) is 16.8. The van der Waals surface area contributed by atoms with Crippen LogP contribution in [0, 0.1) is 0 Å². The summed E-state index contributed by atoms with van der Waals surface area (Å²) in [5, 5.41) is 19.9. The molecule has 1 heterocycles. The minimum Gasteiger partial charge on any atom is -0.392 e. The van der Waals surface area contributed by atoms with Crippen molar-refractivity contribution in [1.82, 2.24) is 4.90 Å². The molecule has 0 aromatic heterocycles. The third kappa shape index (κ3) is 4.93. The molecule has 3 rings (SSSR count). The van der Waals surface area contributed by atoms with Crippen molar-refractivity contribution in [2.45, 2.75) is 31.3 Å². The maximum atomic E-state index is 9.93. The lowest BCUT2D eigenvalue weighted by Crippen LogP contribution is -2.48. The lowest BCUT2D eigenvalue weighted by Gasteiger charge is -2.29. The van der Waals surface area contributed by atoms with Crippen LogP contribution < -0.4 is 0 Å². The van der Waals surface area contributed by atoms with Crippen LogP contribution in [0.15, 0.2) is 60.7 Å². The molecule has 0 aliphatic carbocycles. The molecule has 0 unspecified atom stereocenters. The number of nitrogens with zero attached hydrogens (tertiary/aromatic N) is 2. The van der Waals surface area contributed by atoms with E-state index in [2.05, 4.69) is 40.1 Å². The maximum Gasteiger partial charge on any atom is 0.234 e. The van der Waals surface area contributed by atoms with Gasteiger partial charge in [0.15, 0.2) is 0 Å². The zero-order chi connectivity index (χ0) is 18.2. The first-order valence-electron chi connectivity index (χ1n) is 9.46. The second-order valence-corrected chi connectivity index (χ2v) is 7.00. The second kappa shape index (κ2) is 9.51. The molecule has 138 valence electrons. The summed E-state index contributed by atoms with van der Waals surface area (Å²) in [6.07, 6.45) is 4.80. The summed E-state index contributed by atoms with van der Waals surface area (Å²) < 4.78 is 2.24. The van der Waals surface area contributed by atoms with Gasteiger partial charge in [-0.1, -0.05) is 60.7 Å². The van der Waals surface area contributed by atoms with Crippen LogP contribution in [0.1, 0.15) is 17.5 Å². The average molecular weight is 353 g/mol. The number of hydrogen-bond donors (Lipinski definition) is 2. The van der Waals surface area contributed by atoms with E-state index in [1.165, 1.54) is 11.1 Å². The van der Waals surface area contributed by atoms with E-state index in [1.807, 2.05) is 36.4 Å². The zero-order valence-corrected chi connectivity index (χ0v) is 15.2. The predicted octanol–water partition coefficient (Wildman–Crippen LogP) is 1.94. The standard InChI is InChI=1S/C22H29N2O2/c25-16-21(14-19-8-3-1-4-9-19)23-12-7-13-24(18-23)22(17-26)15-20-10-5-2-6-11-20/h1-6,8-11,18,21-22,25-26H,7,12-17H2/q+1/t21-,22-/m0/s1. The largest absolute Gasteiger partial charge is 0.392 e. The smallest absolute Gasteiger partial charge is 0.234 e. The van der Waals surface area contributed by atoms with Crippen molar-refractivity contribution in [3.05, 3.63) is 71.8 Å². The fourth-order valence-corrected chi connectivity index (χ4v) is 3.64. The van der Waals surface area contributed by atoms with Gasteiger partial charge in [0, 0.05) is 19.3 Å². The molecule has 0 spiro atoms. The molecule has 4 heteroatoms. The first-order chi connectivity index (χ1) is 12.8. The van der Waals surface area contributed by atoms with E-state index in [0.29, 0.717) is 0 Å². The third-order valence-electron chi connectivity index (χ3n) is 5.12. The molecule has 2 N–H and O–H groups in total. The van der Waals surface area contributed by atoms with Gasteiger partial charge in [-0.2, -0.15) is 0 Å². The molecule has 2 aromatic rings. The highest BCUT2D eigenvalue weighted by Crippen LogP contribution is 2.13. The van der Waals surface area contributed by atoms with Crippen molar-refractivity contribution in [1.29, 1.82) is 0 Å². The Kier molecular flexibility index (Phi) is 6.81. The molecule has 0 saturated heterocycles. The van der Waals surface area contributed by atoms with Crippen LogP contribution in [0.3, 0.4) is 0 Å². The summed E-state index contributed by atoms with van der Waals surface area (Å²) in [5.74, 6) is 0. The molecule has 0 bridgehead atoms. The molecule has 2 aromatic carbocycles. The van der Waals surface area contributed by atoms with Crippen LogP contribution in [0.25, 0.3) is 0 Å². The van der Waals surface area contributed by atoms with Gasteiger partial charge < -0.3 is 10.2 Å². The Balaban J connectivity index is 1.71. The van der Waals surface area contributed by atoms with Crippen LogP contribution in [0.4, 0.5) is 0 Å². The van der Waals surface area contributed by atoms with Gasteiger partial charge in [0.2, 0.25) is 6.34 Å². The minimum atomic E-state index is 0.0660. The van der Waals surface area contributed by atoms with Crippen molar-refractivity contribution >= 4 is 6.34 Å². The van der Waals surface area contributed by atoms with Gasteiger partial charge in [0.1, 0.15) is 12.1 Å². The summed E-state index contributed by atoms with van der Waals surface area (Å²) >= 11 is 0. The first-order valence-corrected chi connectivity index (χ1v) is 9.46. The van der Waals surface area contributed by atoms with Gasteiger partial charge in [0.25, 0.3) is 0 Å². The van der Waals surface area contributed by atoms with E-state index in [1.54, 1.807) is 0 Å². The van der Waals surface area contributed by atoms with Crippen molar-refractivity contribution in [2.75, 3.05) is 26.3 Å². The fraction of sp³-hybridized carbons (Fsp3) is 0.409. The van der Waals surface area contributed by atoms with Crippen molar-refractivity contribution in [2.24, 2.45) is 0 Å². The van der Waals surface area contributed by atoms with Crippen molar-refractivity contribution in [3.8, 4) is 0 Å². The second-order valence-electron chi connectivity index (χ2n) is 7.00. The van der Waals surface area contributed by atoms with E-state index < -0.39 is 0 Å². The summed E-state index contributed by atoms with van der Waals surface area (Å²) in [6.45, 7) is 2.14. The quantitative estimate of drug-likeness (QED) is 0.713. The summed E-state index contributed by atoms with van der Waals surface area (Å²) in [5.41, 5.74) is 2.47. The molecule has 4 nitrogen and oxygen atoms in total. The Bertz CT molecular complexity index is 688. The molecule has 0 radical (unpaired) electrons. The zero-order valence-electron chi connectivity index (χ0n) is 15.2. The average Bonchev–Trinajstić information content (AvgIpc) is 2.72. The Morgan fingerprint density at radius 2 is 1.46 bits per heavy atom. The lowest BCUT2D eigenvalue weighted by molar-refractivity contribution is -0.573. The van der Waals surface area contributed by atoms with Crippen molar-refractivity contribution in [3.63, 3.8) is 0 Å². The van der Waals surface area contributed by atoms with Gasteiger partial charge >= 0.3 is 0 Å². The Hall–Kier alpha value is -2.17. The number of aliphatic hydroxyl groups is 2. The summed E-state index contributed by atoms with van der Waals surface area (Å²) in [6, 6.07) is 20.8. The third-order valence-corrected chi connectivity index (χ3v) is 5.12. The van der Waals surface area contributed by atoms with Crippen LogP contribution in [-0.4, -0.2) is 64.4 Å². The summed E-state index contributed by atoms with van der Waals surface area (Å²) in [4.78, 5) is 2.24. The van der Waals surface area contributed by atoms with Gasteiger partial charge in [-0.3, -0.25) is 9.48 Å². The molecule has 0 fully saturated rings. The SMILES string of the molecule is OC[C@H](Cc1ccccc1)N1C=[N+]([C@H](CO)Cc2ccccc2)CCC1. The van der Waals surface area contributed by atoms with Crippen molar-refractivity contribution < 1.29 is 14.8 Å². The highest BCUT2D eigenvalue weighted by molar-refractivity contribution is 5.50. The van der Waals surface area contributed by atoms with Crippen LogP contribution in [-0.2, 0) is 12.8 Å². The molecule has 2 atom stereocenters. The topological polar surface area (TPSA) is 46.7 Å². The lowest BCUT2D eigenvalue weighted by atomic mass is 10.0.